The molecule has 1 aromatic carbocycles. The molecule has 0 bridgehead atoms. The van der Waals surface area contributed by atoms with Gasteiger partial charge in [-0.15, -0.1) is 0 Å². The van der Waals surface area contributed by atoms with Crippen LogP contribution in [0.15, 0.2) is 24.3 Å². The Hall–Kier alpha value is -1.55. The largest absolute Gasteiger partial charge is 0.493 e. The topological polar surface area (TPSA) is 66.8 Å². The fourth-order valence-corrected chi connectivity index (χ4v) is 1.01. The molecule has 0 saturated heterocycles. The second-order valence-electron chi connectivity index (χ2n) is 3.43. The van der Waals surface area contributed by atoms with E-state index < -0.39 is 5.97 Å². The van der Waals surface area contributed by atoms with Crippen molar-refractivity contribution >= 4 is 5.97 Å². The highest BCUT2D eigenvalue weighted by molar-refractivity contribution is 5.87. The van der Waals surface area contributed by atoms with E-state index in [-0.39, 0.29) is 18.1 Å². The molecule has 0 saturated carbocycles. The van der Waals surface area contributed by atoms with Gasteiger partial charge in [0.1, 0.15) is 5.75 Å². The van der Waals surface area contributed by atoms with Crippen molar-refractivity contribution in [3.05, 3.63) is 29.8 Å². The molecule has 0 spiro atoms. The summed E-state index contributed by atoms with van der Waals surface area (Å²) in [6.07, 6.45) is 0. The summed E-state index contributed by atoms with van der Waals surface area (Å²) in [5.74, 6) is -0.427. The van der Waals surface area contributed by atoms with Gasteiger partial charge >= 0.3 is 5.97 Å². The van der Waals surface area contributed by atoms with Gasteiger partial charge in [0, 0.05) is 12.5 Å². The van der Waals surface area contributed by atoms with Gasteiger partial charge in [-0.2, -0.15) is 0 Å². The molecule has 82 valence electrons. The van der Waals surface area contributed by atoms with Crippen LogP contribution in [-0.4, -0.2) is 29.4 Å². The van der Waals surface area contributed by atoms with E-state index >= 15 is 0 Å². The number of ether oxygens (including phenoxy) is 1. The maximum absolute atomic E-state index is 10.7. The van der Waals surface area contributed by atoms with Gasteiger partial charge < -0.3 is 14.9 Å². The Morgan fingerprint density at radius 1 is 1.53 bits per heavy atom. The number of aliphatic hydroxyl groups is 1. The first-order valence-electron chi connectivity index (χ1n) is 4.70. The molecule has 0 aliphatic carbocycles. The third-order valence-corrected chi connectivity index (χ3v) is 1.93. The number of aromatic carboxylic acids is 1. The molecule has 1 rings (SSSR count). The quantitative estimate of drug-likeness (QED) is 0.770. The summed E-state index contributed by atoms with van der Waals surface area (Å²) < 4.78 is 5.33. The molecule has 0 fully saturated rings. The van der Waals surface area contributed by atoms with Gasteiger partial charge in [-0.3, -0.25) is 0 Å². The van der Waals surface area contributed by atoms with Crippen LogP contribution in [0.1, 0.15) is 17.3 Å². The molecule has 0 aliphatic rings. The first-order valence-corrected chi connectivity index (χ1v) is 4.70. The second kappa shape index (κ2) is 5.36. The SMILES string of the molecule is C[C@@H](CO)COc1cccc(C(=O)O)c1. The number of carbonyl (C=O) groups is 1. The van der Waals surface area contributed by atoms with Gasteiger partial charge in [-0.1, -0.05) is 13.0 Å². The Morgan fingerprint density at radius 2 is 2.27 bits per heavy atom. The lowest BCUT2D eigenvalue weighted by molar-refractivity contribution is 0.0696. The average molecular weight is 210 g/mol. The molecule has 15 heavy (non-hydrogen) atoms. The van der Waals surface area contributed by atoms with Gasteiger partial charge in [0.25, 0.3) is 0 Å². The molecule has 4 nitrogen and oxygen atoms in total. The lowest BCUT2D eigenvalue weighted by atomic mass is 10.2. The Morgan fingerprint density at radius 3 is 2.87 bits per heavy atom. The van der Waals surface area contributed by atoms with Gasteiger partial charge in [0.2, 0.25) is 0 Å². The molecule has 0 unspecified atom stereocenters. The van der Waals surface area contributed by atoms with Crippen molar-refractivity contribution in [2.45, 2.75) is 6.92 Å². The van der Waals surface area contributed by atoms with Crippen molar-refractivity contribution in [3.63, 3.8) is 0 Å². The molecule has 0 aromatic heterocycles. The van der Waals surface area contributed by atoms with E-state index in [0.29, 0.717) is 12.4 Å². The zero-order valence-corrected chi connectivity index (χ0v) is 8.51. The van der Waals surface area contributed by atoms with E-state index in [2.05, 4.69) is 0 Å². The molecular formula is C11H14O4. The highest BCUT2D eigenvalue weighted by atomic mass is 16.5. The maximum Gasteiger partial charge on any atom is 0.335 e. The van der Waals surface area contributed by atoms with Crippen molar-refractivity contribution < 1.29 is 19.7 Å². The number of rotatable bonds is 5. The van der Waals surface area contributed by atoms with Crippen molar-refractivity contribution in [3.8, 4) is 5.75 Å². The molecule has 1 aromatic rings. The van der Waals surface area contributed by atoms with Crippen LogP contribution in [0.5, 0.6) is 5.75 Å². The van der Waals surface area contributed by atoms with Gasteiger partial charge in [0.05, 0.1) is 12.2 Å². The Kier molecular flexibility index (Phi) is 4.12. The average Bonchev–Trinajstić information content (AvgIpc) is 2.26. The number of hydrogen-bond acceptors (Lipinski definition) is 3. The van der Waals surface area contributed by atoms with Crippen LogP contribution in [-0.2, 0) is 0 Å². The smallest absolute Gasteiger partial charge is 0.335 e. The molecule has 2 N–H and O–H groups in total. The minimum atomic E-state index is -0.976. The van der Waals surface area contributed by atoms with E-state index in [0.717, 1.165) is 0 Å². The summed E-state index contributed by atoms with van der Waals surface area (Å²) in [6, 6.07) is 6.29. The number of carboxylic acid groups (broad SMARTS) is 1. The summed E-state index contributed by atoms with van der Waals surface area (Å²) in [5, 5.41) is 17.5. The van der Waals surface area contributed by atoms with Crippen LogP contribution >= 0.6 is 0 Å². The van der Waals surface area contributed by atoms with E-state index in [4.69, 9.17) is 14.9 Å². The number of aliphatic hydroxyl groups excluding tert-OH is 1. The minimum Gasteiger partial charge on any atom is -0.493 e. The van der Waals surface area contributed by atoms with Gasteiger partial charge in [-0.25, -0.2) is 4.79 Å². The Labute approximate surface area is 88.1 Å². The van der Waals surface area contributed by atoms with Crippen LogP contribution in [0.25, 0.3) is 0 Å². The normalized spacial score (nSPS) is 12.1. The van der Waals surface area contributed by atoms with E-state index in [1.54, 1.807) is 12.1 Å². The van der Waals surface area contributed by atoms with Crippen molar-refractivity contribution in [2.24, 2.45) is 5.92 Å². The molecule has 0 heterocycles. The Bertz CT molecular complexity index is 335. The summed E-state index contributed by atoms with van der Waals surface area (Å²) in [6.45, 7) is 2.28. The maximum atomic E-state index is 10.7. The standard InChI is InChI=1S/C11H14O4/c1-8(6-12)7-15-10-4-2-3-9(5-10)11(13)14/h2-5,8,12H,6-7H2,1H3,(H,13,14)/t8-/m0/s1. The third kappa shape index (κ3) is 3.59. The first kappa shape index (κ1) is 11.5. The molecule has 0 radical (unpaired) electrons. The van der Waals surface area contributed by atoms with Crippen LogP contribution in [0, 0.1) is 5.92 Å². The lowest BCUT2D eigenvalue weighted by Gasteiger charge is -2.10. The monoisotopic (exact) mass is 210 g/mol. The summed E-state index contributed by atoms with van der Waals surface area (Å²) in [5.41, 5.74) is 0.198. The molecule has 0 aliphatic heterocycles. The first-order chi connectivity index (χ1) is 7.13. The number of benzene rings is 1. The fourth-order valence-electron chi connectivity index (χ4n) is 1.01. The minimum absolute atomic E-state index is 0.0403. The van der Waals surface area contributed by atoms with Gasteiger partial charge in [0.15, 0.2) is 0 Å². The zero-order valence-electron chi connectivity index (χ0n) is 8.51. The molecular weight excluding hydrogens is 196 g/mol. The number of hydrogen-bond donors (Lipinski definition) is 2. The molecule has 4 heteroatoms. The summed E-state index contributed by atoms with van der Waals surface area (Å²) in [7, 11) is 0. The van der Waals surface area contributed by atoms with E-state index in [9.17, 15) is 4.79 Å². The predicted molar refractivity (Wildman–Crippen MR) is 55.1 cm³/mol. The van der Waals surface area contributed by atoms with Crippen LogP contribution in [0.4, 0.5) is 0 Å². The zero-order chi connectivity index (χ0) is 11.3. The lowest BCUT2D eigenvalue weighted by Crippen LogP contribution is -2.12. The van der Waals surface area contributed by atoms with Crippen LogP contribution in [0.3, 0.4) is 0 Å². The summed E-state index contributed by atoms with van der Waals surface area (Å²) in [4.78, 5) is 10.7. The molecule has 1 atom stereocenters. The van der Waals surface area contributed by atoms with Crippen molar-refractivity contribution in [1.29, 1.82) is 0 Å². The van der Waals surface area contributed by atoms with Crippen LogP contribution in [0.2, 0.25) is 0 Å². The van der Waals surface area contributed by atoms with Crippen LogP contribution < -0.4 is 4.74 Å². The van der Waals surface area contributed by atoms with E-state index in [1.165, 1.54) is 12.1 Å². The Balaban J connectivity index is 2.62. The second-order valence-corrected chi connectivity index (χ2v) is 3.43. The van der Waals surface area contributed by atoms with Crippen molar-refractivity contribution in [2.75, 3.05) is 13.2 Å². The number of carboxylic acids is 1. The molecule has 0 amide bonds. The fraction of sp³-hybridized carbons (Fsp3) is 0.364. The van der Waals surface area contributed by atoms with Crippen molar-refractivity contribution in [1.82, 2.24) is 0 Å². The highest BCUT2D eigenvalue weighted by Crippen LogP contribution is 2.14. The summed E-state index contributed by atoms with van der Waals surface area (Å²) >= 11 is 0. The van der Waals surface area contributed by atoms with Gasteiger partial charge in [-0.05, 0) is 18.2 Å². The predicted octanol–water partition coefficient (Wildman–Crippen LogP) is 1.39. The third-order valence-electron chi connectivity index (χ3n) is 1.93. The highest BCUT2D eigenvalue weighted by Gasteiger charge is 2.05. The van der Waals surface area contributed by atoms with E-state index in [1.807, 2.05) is 6.92 Å².